The van der Waals surface area contributed by atoms with Gasteiger partial charge in [-0.25, -0.2) is 14.5 Å². The van der Waals surface area contributed by atoms with Gasteiger partial charge in [-0.3, -0.25) is 9.78 Å². The Balaban J connectivity index is 3.13. The zero-order valence-corrected chi connectivity index (χ0v) is 18.2. The summed E-state index contributed by atoms with van der Waals surface area (Å²) in [5, 5.41) is 14.9. The first kappa shape index (κ1) is 28.2. The molecule has 0 aromatic heterocycles. The molecule has 0 rings (SSSR count). The van der Waals surface area contributed by atoms with Crippen LogP contribution in [0.25, 0.3) is 0 Å². The molecular weight excluding hydrogens is 396 g/mol. The lowest BCUT2D eigenvalue weighted by atomic mass is 10.2. The lowest BCUT2D eigenvalue weighted by molar-refractivity contribution is -0.616. The third-order valence-corrected chi connectivity index (χ3v) is 3.67. The van der Waals surface area contributed by atoms with E-state index in [-0.39, 0.29) is 12.2 Å². The van der Waals surface area contributed by atoms with Crippen molar-refractivity contribution in [2.45, 2.75) is 52.4 Å². The highest BCUT2D eigenvalue weighted by atomic mass is 17.7. The SMILES string of the molecule is C=C(C)C(=O)OOCCCCNCCCCCCNCCOOOOC(=O)C(=C)C. The van der Waals surface area contributed by atoms with E-state index < -0.39 is 11.9 Å². The molecule has 0 heterocycles. The Morgan fingerprint density at radius 2 is 1.17 bits per heavy atom. The molecule has 174 valence electrons. The molecule has 10 heteroatoms. The fourth-order valence-corrected chi connectivity index (χ4v) is 1.96. The highest BCUT2D eigenvalue weighted by Crippen LogP contribution is 1.99. The number of rotatable bonds is 21. The Kier molecular flexibility index (Phi) is 19.2. The zero-order chi connectivity index (χ0) is 22.5. The minimum absolute atomic E-state index is 0.196. The van der Waals surface area contributed by atoms with Gasteiger partial charge in [0.2, 0.25) is 0 Å². The van der Waals surface area contributed by atoms with Gasteiger partial charge in [0.1, 0.15) is 0 Å². The van der Waals surface area contributed by atoms with Crippen LogP contribution in [-0.2, 0) is 39.2 Å². The standard InChI is InChI=1S/C20H36N2O8/c1-17(2)19(23)27-25-15-10-9-13-21-11-7-5-6-8-12-22-14-16-26-29-30-28-20(24)18(3)4/h21-22H,1,3,5-16H2,2,4H3. The van der Waals surface area contributed by atoms with E-state index in [1.165, 1.54) is 6.92 Å². The summed E-state index contributed by atoms with van der Waals surface area (Å²) in [5.74, 6) is -1.25. The van der Waals surface area contributed by atoms with E-state index in [0.717, 1.165) is 58.2 Å². The quantitative estimate of drug-likeness (QED) is 0.121. The lowest BCUT2D eigenvalue weighted by Gasteiger charge is -2.06. The van der Waals surface area contributed by atoms with Gasteiger partial charge in [0.25, 0.3) is 0 Å². The molecule has 0 atom stereocenters. The highest BCUT2D eigenvalue weighted by molar-refractivity contribution is 5.86. The van der Waals surface area contributed by atoms with Crippen LogP contribution in [0.3, 0.4) is 0 Å². The molecule has 0 aromatic rings. The van der Waals surface area contributed by atoms with Gasteiger partial charge < -0.3 is 10.6 Å². The maximum atomic E-state index is 11.1. The molecule has 0 saturated heterocycles. The Bertz CT molecular complexity index is 455. The molecular formula is C20H36N2O8. The molecule has 0 unspecified atom stereocenters. The van der Waals surface area contributed by atoms with Crippen LogP contribution in [0.5, 0.6) is 0 Å². The predicted octanol–water partition coefficient (Wildman–Crippen LogP) is 2.47. The molecule has 0 saturated carbocycles. The van der Waals surface area contributed by atoms with Crippen molar-refractivity contribution in [2.75, 3.05) is 39.4 Å². The van der Waals surface area contributed by atoms with Gasteiger partial charge >= 0.3 is 11.9 Å². The van der Waals surface area contributed by atoms with Gasteiger partial charge in [-0.15, -0.1) is 0 Å². The summed E-state index contributed by atoms with van der Waals surface area (Å²) < 4.78 is 0. The van der Waals surface area contributed by atoms with Gasteiger partial charge in [0.05, 0.1) is 13.2 Å². The summed E-state index contributed by atoms with van der Waals surface area (Å²) in [6.07, 6.45) is 6.30. The number of unbranched alkanes of at least 4 members (excludes halogenated alkanes) is 4. The van der Waals surface area contributed by atoms with Crippen molar-refractivity contribution in [1.29, 1.82) is 0 Å². The van der Waals surface area contributed by atoms with Crippen LogP contribution in [0, 0.1) is 0 Å². The average Bonchev–Trinajstić information content (AvgIpc) is 2.71. The van der Waals surface area contributed by atoms with E-state index in [4.69, 9.17) is 4.89 Å². The van der Waals surface area contributed by atoms with Crippen LogP contribution >= 0.6 is 0 Å². The van der Waals surface area contributed by atoms with E-state index in [0.29, 0.717) is 18.7 Å². The highest BCUT2D eigenvalue weighted by Gasteiger charge is 2.05. The second-order valence-electron chi connectivity index (χ2n) is 6.70. The summed E-state index contributed by atoms with van der Waals surface area (Å²) in [5.41, 5.74) is 0.517. The molecule has 0 amide bonds. The van der Waals surface area contributed by atoms with Crippen LogP contribution in [0.15, 0.2) is 24.3 Å². The summed E-state index contributed by atoms with van der Waals surface area (Å²) in [6, 6.07) is 0. The Labute approximate surface area is 178 Å². The smallest absolute Gasteiger partial charge is 0.317 e. The van der Waals surface area contributed by atoms with Gasteiger partial charge in [0.15, 0.2) is 0 Å². The van der Waals surface area contributed by atoms with Crippen LogP contribution in [0.4, 0.5) is 0 Å². The molecule has 0 aliphatic heterocycles. The van der Waals surface area contributed by atoms with Crippen LogP contribution in [0.2, 0.25) is 0 Å². The summed E-state index contributed by atoms with van der Waals surface area (Å²) >= 11 is 0. The molecule has 30 heavy (non-hydrogen) atoms. The fourth-order valence-electron chi connectivity index (χ4n) is 1.96. The first-order valence-corrected chi connectivity index (χ1v) is 10.2. The maximum Gasteiger partial charge on any atom is 0.371 e. The van der Waals surface area contributed by atoms with Crippen molar-refractivity contribution in [3.63, 3.8) is 0 Å². The third kappa shape index (κ3) is 19.5. The first-order valence-electron chi connectivity index (χ1n) is 10.2. The third-order valence-electron chi connectivity index (χ3n) is 3.67. The van der Waals surface area contributed by atoms with Crippen molar-refractivity contribution in [1.82, 2.24) is 10.6 Å². The average molecular weight is 433 g/mol. The number of carbonyl (C=O) groups is 2. The molecule has 0 fully saturated rings. The minimum atomic E-state index is -0.722. The summed E-state index contributed by atoms with van der Waals surface area (Å²) in [7, 11) is 0. The van der Waals surface area contributed by atoms with Crippen molar-refractivity contribution in [2.24, 2.45) is 0 Å². The van der Waals surface area contributed by atoms with E-state index in [1.54, 1.807) is 6.92 Å². The largest absolute Gasteiger partial charge is 0.371 e. The van der Waals surface area contributed by atoms with Crippen molar-refractivity contribution in [3.8, 4) is 0 Å². The first-order chi connectivity index (χ1) is 14.4. The number of nitrogens with one attached hydrogen (secondary N) is 2. The minimum Gasteiger partial charge on any atom is -0.317 e. The molecule has 0 radical (unpaired) electrons. The van der Waals surface area contributed by atoms with E-state index in [9.17, 15) is 9.59 Å². The van der Waals surface area contributed by atoms with Crippen LogP contribution < -0.4 is 10.6 Å². The number of hydrogen-bond acceptors (Lipinski definition) is 10. The van der Waals surface area contributed by atoms with Crippen LogP contribution in [-0.4, -0.2) is 51.3 Å². The molecule has 0 aromatic carbocycles. The zero-order valence-electron chi connectivity index (χ0n) is 18.2. The summed E-state index contributed by atoms with van der Waals surface area (Å²) in [4.78, 5) is 40.2. The Morgan fingerprint density at radius 3 is 1.77 bits per heavy atom. The lowest BCUT2D eigenvalue weighted by Crippen LogP contribution is -2.21. The molecule has 0 aliphatic carbocycles. The van der Waals surface area contributed by atoms with Crippen molar-refractivity contribution >= 4 is 11.9 Å². The van der Waals surface area contributed by atoms with Gasteiger partial charge in [-0.2, -0.15) is 4.89 Å². The van der Waals surface area contributed by atoms with E-state index in [2.05, 4.69) is 48.5 Å². The number of carbonyl (C=O) groups excluding carboxylic acids is 2. The molecule has 10 nitrogen and oxygen atoms in total. The normalized spacial score (nSPS) is 10.6. The monoisotopic (exact) mass is 432 g/mol. The predicted molar refractivity (Wildman–Crippen MR) is 109 cm³/mol. The van der Waals surface area contributed by atoms with Crippen molar-refractivity contribution < 1.29 is 39.2 Å². The summed E-state index contributed by atoms with van der Waals surface area (Å²) in [6.45, 7) is 13.9. The second kappa shape index (κ2) is 20.5. The topological polar surface area (TPSA) is 114 Å². The van der Waals surface area contributed by atoms with Crippen molar-refractivity contribution in [3.05, 3.63) is 24.3 Å². The molecule has 0 aliphatic rings. The fraction of sp³-hybridized carbons (Fsp3) is 0.700. The van der Waals surface area contributed by atoms with Crippen LogP contribution in [0.1, 0.15) is 52.4 Å². The van der Waals surface area contributed by atoms with Gasteiger partial charge in [-0.1, -0.05) is 26.0 Å². The molecule has 0 spiro atoms. The number of hydrogen-bond donors (Lipinski definition) is 2. The molecule has 0 bridgehead atoms. The van der Waals surface area contributed by atoms with E-state index >= 15 is 0 Å². The van der Waals surface area contributed by atoms with Gasteiger partial charge in [-0.05, 0) is 64.2 Å². The Hall–Kier alpha value is -1.82. The van der Waals surface area contributed by atoms with Gasteiger partial charge in [0, 0.05) is 22.7 Å². The Morgan fingerprint density at radius 1 is 0.633 bits per heavy atom. The molecule has 2 N–H and O–H groups in total. The maximum absolute atomic E-state index is 11.1. The van der Waals surface area contributed by atoms with E-state index in [1.807, 2.05) is 0 Å². The second-order valence-corrected chi connectivity index (χ2v) is 6.70.